The first-order valence-corrected chi connectivity index (χ1v) is 8.28. The minimum atomic E-state index is -9.80. The number of hydrogen-bond acceptors (Lipinski definition) is 0. The molecule has 1 unspecified atom stereocenters. The molecule has 7 heteroatoms. The molecular formula is C14H12ClF5S. The number of benzene rings is 1. The number of rotatable bonds is 3. The normalized spacial score (nSPS) is 26.3. The molecule has 0 nitrogen and oxygen atoms in total. The molecule has 21 heavy (non-hydrogen) atoms. The van der Waals surface area contributed by atoms with Crippen LogP contribution in [0.4, 0.5) is 19.4 Å². The van der Waals surface area contributed by atoms with Crippen molar-refractivity contribution in [3.63, 3.8) is 0 Å². The third-order valence-corrected chi connectivity index (χ3v) is 5.79. The molecular weight excluding hydrogens is 331 g/mol. The van der Waals surface area contributed by atoms with Gasteiger partial charge in [-0.25, -0.2) is 0 Å². The van der Waals surface area contributed by atoms with Crippen molar-refractivity contribution in [2.45, 2.75) is 10.6 Å². The Labute approximate surface area is 124 Å². The maximum atomic E-state index is 12.8. The molecule has 1 aromatic rings. The molecule has 1 aliphatic carbocycles. The van der Waals surface area contributed by atoms with Gasteiger partial charge in [0.2, 0.25) is 4.21 Å². The molecule has 0 heterocycles. The third kappa shape index (κ3) is 3.49. The van der Waals surface area contributed by atoms with Gasteiger partial charge in [0, 0.05) is 6.42 Å². The average molecular weight is 343 g/mol. The van der Waals surface area contributed by atoms with E-state index < -0.39 is 20.9 Å². The number of allylic oxidation sites excluding steroid dienone is 4. The van der Waals surface area contributed by atoms with Gasteiger partial charge in [-0.05, 0) is 17.2 Å². The van der Waals surface area contributed by atoms with Gasteiger partial charge in [-0.3, -0.25) is 0 Å². The first kappa shape index (κ1) is 16.1. The summed E-state index contributed by atoms with van der Waals surface area (Å²) in [4.78, 5) is 0. The van der Waals surface area contributed by atoms with E-state index in [0.717, 1.165) is 17.7 Å². The second kappa shape index (κ2) is 4.36. The minimum absolute atomic E-state index is 0.334. The number of alkyl halides is 1. The molecule has 2 rings (SSSR count). The molecule has 0 saturated carbocycles. The predicted octanol–water partition coefficient (Wildman–Crippen LogP) is 6.82. The van der Waals surface area contributed by atoms with Crippen LogP contribution in [-0.2, 0) is 0 Å². The molecule has 0 fully saturated rings. The summed E-state index contributed by atoms with van der Waals surface area (Å²) in [5.74, 6) is 0. The summed E-state index contributed by atoms with van der Waals surface area (Å²) in [5.41, 5.74) is 1.25. The lowest BCUT2D eigenvalue weighted by Gasteiger charge is -2.51. The van der Waals surface area contributed by atoms with Crippen LogP contribution in [0.25, 0.3) is 6.08 Å². The zero-order valence-electron chi connectivity index (χ0n) is 10.7. The molecule has 116 valence electrons. The van der Waals surface area contributed by atoms with Gasteiger partial charge in [-0.2, -0.15) is 0 Å². The molecule has 0 aromatic heterocycles. The van der Waals surface area contributed by atoms with E-state index in [0.29, 0.717) is 11.6 Å². The van der Waals surface area contributed by atoms with Crippen molar-refractivity contribution in [1.82, 2.24) is 0 Å². The van der Waals surface area contributed by atoms with Crippen LogP contribution in [0.2, 0.25) is 0 Å². The fourth-order valence-electron chi connectivity index (χ4n) is 1.78. The highest BCUT2D eigenvalue weighted by Gasteiger charge is 2.77. The molecule has 0 spiro atoms. The van der Waals surface area contributed by atoms with E-state index in [1.165, 1.54) is 0 Å². The van der Waals surface area contributed by atoms with Crippen LogP contribution in [0, 0.1) is 0 Å². The van der Waals surface area contributed by atoms with E-state index in [1.807, 2.05) is 30.3 Å². The first-order valence-electron chi connectivity index (χ1n) is 5.95. The molecule has 0 amide bonds. The number of halogens is 6. The molecule has 1 aliphatic rings. The van der Waals surface area contributed by atoms with Crippen molar-refractivity contribution in [3.8, 4) is 0 Å². The Morgan fingerprint density at radius 3 is 2.10 bits per heavy atom. The van der Waals surface area contributed by atoms with Gasteiger partial charge < -0.3 is 0 Å². The maximum absolute atomic E-state index is 12.8. The van der Waals surface area contributed by atoms with E-state index in [9.17, 15) is 19.4 Å². The van der Waals surface area contributed by atoms with Crippen LogP contribution in [0.1, 0.15) is 12.0 Å². The van der Waals surface area contributed by atoms with Crippen molar-refractivity contribution < 1.29 is 19.4 Å². The SMILES string of the molecule is FS(F)(F)(F)(F)C1(Cl)C=CC(/C=C/c2ccccc2)=CC1. The van der Waals surface area contributed by atoms with Gasteiger partial charge >= 0.3 is 10.2 Å². The van der Waals surface area contributed by atoms with Crippen LogP contribution in [-0.4, -0.2) is 4.21 Å². The van der Waals surface area contributed by atoms with Crippen molar-refractivity contribution in [2.75, 3.05) is 0 Å². The standard InChI is InChI=1S/C14H12ClF5S/c15-14(21(16,17,18,19)20)10-8-13(9-11-14)7-6-12-4-2-1-3-5-12/h1-10H,11H2/b7-6+. The van der Waals surface area contributed by atoms with E-state index in [1.54, 1.807) is 12.2 Å². The minimum Gasteiger partial charge on any atom is -0.0958 e. The molecule has 0 radical (unpaired) electrons. The molecule has 0 aliphatic heterocycles. The van der Waals surface area contributed by atoms with Gasteiger partial charge in [-0.1, -0.05) is 85.7 Å². The topological polar surface area (TPSA) is 0 Å². The van der Waals surface area contributed by atoms with Crippen molar-refractivity contribution in [3.05, 3.63) is 65.8 Å². The van der Waals surface area contributed by atoms with Gasteiger partial charge in [0.1, 0.15) is 0 Å². The summed E-state index contributed by atoms with van der Waals surface area (Å²) in [6.07, 6.45) is 4.60. The molecule has 1 atom stereocenters. The zero-order chi connectivity index (χ0) is 15.8. The highest BCUT2D eigenvalue weighted by molar-refractivity contribution is 8.47. The Morgan fingerprint density at radius 1 is 1.00 bits per heavy atom. The van der Waals surface area contributed by atoms with Crippen LogP contribution in [0.3, 0.4) is 0 Å². The van der Waals surface area contributed by atoms with Gasteiger partial charge in [0.25, 0.3) is 0 Å². The largest absolute Gasteiger partial charge is 0.306 e. The Hall–Kier alpha value is -1.27. The lowest BCUT2D eigenvalue weighted by Crippen LogP contribution is -2.34. The zero-order valence-corrected chi connectivity index (χ0v) is 12.2. The van der Waals surface area contributed by atoms with Crippen LogP contribution < -0.4 is 0 Å². The predicted molar refractivity (Wildman–Crippen MR) is 79.0 cm³/mol. The van der Waals surface area contributed by atoms with Gasteiger partial charge in [0.05, 0.1) is 0 Å². The fraction of sp³-hybridized carbons (Fsp3) is 0.143. The summed E-state index contributed by atoms with van der Waals surface area (Å²) < 4.78 is 60.6. The quantitative estimate of drug-likeness (QED) is 0.417. The molecule has 1 aromatic carbocycles. The van der Waals surface area contributed by atoms with Gasteiger partial charge in [-0.15, -0.1) is 0 Å². The molecule has 0 saturated heterocycles. The highest BCUT2D eigenvalue weighted by atomic mass is 35.5. The van der Waals surface area contributed by atoms with Crippen LogP contribution in [0.15, 0.2) is 60.2 Å². The van der Waals surface area contributed by atoms with E-state index in [4.69, 9.17) is 11.6 Å². The van der Waals surface area contributed by atoms with Crippen LogP contribution >= 0.6 is 21.8 Å². The second-order valence-electron chi connectivity index (χ2n) is 4.74. The maximum Gasteiger partial charge on any atom is 0.306 e. The Bertz CT molecular complexity index is 630. The highest BCUT2D eigenvalue weighted by Crippen LogP contribution is 3.05. The molecule has 0 N–H and O–H groups in total. The van der Waals surface area contributed by atoms with Crippen molar-refractivity contribution in [1.29, 1.82) is 0 Å². The summed E-state index contributed by atoms with van der Waals surface area (Å²) in [7, 11) is -9.80. The second-order valence-corrected chi connectivity index (χ2v) is 8.31. The summed E-state index contributed by atoms with van der Waals surface area (Å²) >= 11 is 5.14. The van der Waals surface area contributed by atoms with Crippen LogP contribution in [0.5, 0.6) is 0 Å². The summed E-state index contributed by atoms with van der Waals surface area (Å²) in [6, 6.07) is 9.06. The average Bonchev–Trinajstić information content (AvgIpc) is 2.36. The monoisotopic (exact) mass is 342 g/mol. The fourth-order valence-corrected chi connectivity index (χ4v) is 2.64. The first-order chi connectivity index (χ1) is 9.40. The number of hydrogen-bond donors (Lipinski definition) is 0. The summed E-state index contributed by atoms with van der Waals surface area (Å²) in [5, 5.41) is 0. The smallest absolute Gasteiger partial charge is 0.0958 e. The third-order valence-electron chi connectivity index (χ3n) is 3.05. The Balaban J connectivity index is 2.18. The van der Waals surface area contributed by atoms with Crippen molar-refractivity contribution >= 4 is 27.9 Å². The summed E-state index contributed by atoms with van der Waals surface area (Å²) in [6.45, 7) is 0. The van der Waals surface area contributed by atoms with Crippen molar-refractivity contribution in [2.24, 2.45) is 0 Å². The lowest BCUT2D eigenvalue weighted by atomic mass is 10.0. The Kier molecular flexibility index (Phi) is 3.35. The van der Waals surface area contributed by atoms with E-state index in [-0.39, 0.29) is 0 Å². The molecule has 0 bridgehead atoms. The Morgan fingerprint density at radius 2 is 1.62 bits per heavy atom. The van der Waals surface area contributed by atoms with Gasteiger partial charge in [0.15, 0.2) is 0 Å². The van der Waals surface area contributed by atoms with E-state index >= 15 is 0 Å². The lowest BCUT2D eigenvalue weighted by molar-refractivity contribution is 0.342. The van der Waals surface area contributed by atoms with E-state index in [2.05, 4.69) is 0 Å².